The van der Waals surface area contributed by atoms with E-state index in [4.69, 9.17) is 10.9 Å². The molecule has 5 nitrogen and oxygen atoms in total. The maximum absolute atomic E-state index is 8.46. The Morgan fingerprint density at radius 3 is 2.67 bits per heavy atom. The summed E-state index contributed by atoms with van der Waals surface area (Å²) in [6.45, 7) is 0.962. The number of oxime groups is 1. The van der Waals surface area contributed by atoms with Crippen LogP contribution >= 0.6 is 0 Å². The highest BCUT2D eigenvalue weighted by Gasteiger charge is 2.35. The quantitative estimate of drug-likeness (QED) is 0.226. The van der Waals surface area contributed by atoms with E-state index in [-0.39, 0.29) is 0 Å². The van der Waals surface area contributed by atoms with Crippen LogP contribution in [0.25, 0.3) is 0 Å². The summed E-state index contributed by atoms with van der Waals surface area (Å²) >= 11 is 0. The minimum Gasteiger partial charge on any atom is -0.409 e. The van der Waals surface area contributed by atoms with Gasteiger partial charge in [-0.2, -0.15) is 0 Å². The van der Waals surface area contributed by atoms with E-state index in [0.717, 1.165) is 25.0 Å². The Labute approximate surface area is 109 Å². The molecule has 0 aromatic carbocycles. The van der Waals surface area contributed by atoms with Crippen LogP contribution in [0.1, 0.15) is 44.9 Å². The molecule has 2 atom stereocenters. The lowest BCUT2D eigenvalue weighted by atomic mass is 9.82. The fourth-order valence-corrected chi connectivity index (χ4v) is 3.41. The third-order valence-corrected chi connectivity index (χ3v) is 4.51. The van der Waals surface area contributed by atoms with E-state index in [1.165, 1.54) is 32.1 Å². The molecule has 2 bridgehead atoms. The van der Waals surface area contributed by atoms with Crippen LogP contribution in [0.3, 0.4) is 0 Å². The smallest absolute Gasteiger partial charge is 0.139 e. The van der Waals surface area contributed by atoms with Gasteiger partial charge in [-0.05, 0) is 45.7 Å². The van der Waals surface area contributed by atoms with Gasteiger partial charge in [0.1, 0.15) is 5.84 Å². The summed E-state index contributed by atoms with van der Waals surface area (Å²) in [5.41, 5.74) is 5.45. The molecule has 2 rings (SSSR count). The molecular weight excluding hydrogens is 228 g/mol. The Morgan fingerprint density at radius 2 is 2.06 bits per heavy atom. The largest absolute Gasteiger partial charge is 0.409 e. The summed E-state index contributed by atoms with van der Waals surface area (Å²) < 4.78 is 0. The average molecular weight is 254 g/mol. The van der Waals surface area contributed by atoms with Crippen molar-refractivity contribution in [3.63, 3.8) is 0 Å². The first kappa shape index (κ1) is 13.6. The van der Waals surface area contributed by atoms with Crippen molar-refractivity contribution in [1.29, 1.82) is 0 Å². The van der Waals surface area contributed by atoms with E-state index in [0.29, 0.717) is 18.3 Å². The Bertz CT molecular complexity index is 281. The van der Waals surface area contributed by atoms with Gasteiger partial charge in [-0.15, -0.1) is 0 Å². The number of amidine groups is 1. The zero-order valence-corrected chi connectivity index (χ0v) is 11.3. The molecule has 2 heterocycles. The Balaban J connectivity index is 1.68. The van der Waals surface area contributed by atoms with Gasteiger partial charge in [-0.25, -0.2) is 0 Å². The van der Waals surface area contributed by atoms with Crippen LogP contribution in [0.4, 0.5) is 0 Å². The molecule has 2 aliphatic rings. The van der Waals surface area contributed by atoms with Crippen LogP contribution in [0.2, 0.25) is 0 Å². The van der Waals surface area contributed by atoms with Crippen LogP contribution in [0, 0.1) is 0 Å². The predicted octanol–water partition coefficient (Wildman–Crippen LogP) is 1.12. The van der Waals surface area contributed by atoms with Crippen molar-refractivity contribution < 1.29 is 5.21 Å². The minimum absolute atomic E-state index is 0.331. The van der Waals surface area contributed by atoms with Crippen LogP contribution in [-0.4, -0.2) is 47.7 Å². The van der Waals surface area contributed by atoms with Crippen LogP contribution in [-0.2, 0) is 0 Å². The van der Waals surface area contributed by atoms with Crippen molar-refractivity contribution in [2.45, 2.75) is 63.1 Å². The molecular formula is C13H26N4O. The van der Waals surface area contributed by atoms with Crippen LogP contribution in [0.15, 0.2) is 5.16 Å². The molecule has 0 saturated carbocycles. The van der Waals surface area contributed by atoms with E-state index < -0.39 is 0 Å². The number of nitrogens with zero attached hydrogens (tertiary/aromatic N) is 2. The van der Waals surface area contributed by atoms with Crippen molar-refractivity contribution >= 4 is 5.84 Å². The Kier molecular flexibility index (Phi) is 4.83. The van der Waals surface area contributed by atoms with E-state index in [9.17, 15) is 0 Å². The number of piperidine rings is 2. The van der Waals surface area contributed by atoms with Gasteiger partial charge >= 0.3 is 0 Å². The van der Waals surface area contributed by atoms with Gasteiger partial charge in [0.2, 0.25) is 0 Å². The lowest BCUT2D eigenvalue weighted by Gasteiger charge is -2.47. The van der Waals surface area contributed by atoms with Gasteiger partial charge in [0.05, 0.1) is 0 Å². The fourth-order valence-electron chi connectivity index (χ4n) is 3.41. The van der Waals surface area contributed by atoms with Crippen molar-refractivity contribution in [1.82, 2.24) is 10.2 Å². The number of rotatable bonds is 5. The van der Waals surface area contributed by atoms with E-state index >= 15 is 0 Å². The number of hydrogen-bond acceptors (Lipinski definition) is 4. The van der Waals surface area contributed by atoms with Gasteiger partial charge in [0.15, 0.2) is 0 Å². The molecule has 0 aromatic rings. The summed E-state index contributed by atoms with van der Waals surface area (Å²) in [6.07, 6.45) is 8.27. The maximum Gasteiger partial charge on any atom is 0.139 e. The topological polar surface area (TPSA) is 73.9 Å². The summed E-state index contributed by atoms with van der Waals surface area (Å²) in [7, 11) is 2.28. The molecule has 0 spiro atoms. The third kappa shape index (κ3) is 3.36. The second-order valence-corrected chi connectivity index (χ2v) is 5.72. The molecule has 2 saturated heterocycles. The molecule has 104 valence electrons. The highest BCUT2D eigenvalue weighted by molar-refractivity contribution is 5.79. The molecule has 0 radical (unpaired) electrons. The molecule has 2 unspecified atom stereocenters. The highest BCUT2D eigenvalue weighted by atomic mass is 16.4. The van der Waals surface area contributed by atoms with Crippen molar-refractivity contribution in [3.8, 4) is 0 Å². The number of fused-ring (bicyclic) bond motifs is 2. The normalized spacial score (nSPS) is 33.6. The first-order chi connectivity index (χ1) is 8.70. The van der Waals surface area contributed by atoms with E-state index in [1.54, 1.807) is 0 Å². The van der Waals surface area contributed by atoms with Gasteiger partial charge in [-0.1, -0.05) is 11.6 Å². The average Bonchev–Trinajstić information content (AvgIpc) is 2.35. The van der Waals surface area contributed by atoms with Crippen molar-refractivity contribution in [2.24, 2.45) is 10.9 Å². The summed E-state index contributed by atoms with van der Waals surface area (Å²) in [5, 5.41) is 15.1. The molecule has 2 aliphatic heterocycles. The maximum atomic E-state index is 8.46. The molecule has 0 aromatic heterocycles. The zero-order valence-electron chi connectivity index (χ0n) is 11.3. The lowest BCUT2D eigenvalue weighted by molar-refractivity contribution is 0.0487. The molecule has 4 N–H and O–H groups in total. The second kappa shape index (κ2) is 6.38. The monoisotopic (exact) mass is 254 g/mol. The third-order valence-electron chi connectivity index (χ3n) is 4.51. The van der Waals surface area contributed by atoms with Gasteiger partial charge in [0.25, 0.3) is 0 Å². The lowest BCUT2D eigenvalue weighted by Crippen LogP contribution is -2.54. The van der Waals surface area contributed by atoms with Crippen LogP contribution in [0.5, 0.6) is 0 Å². The minimum atomic E-state index is 0.331. The molecule has 0 aliphatic carbocycles. The van der Waals surface area contributed by atoms with Gasteiger partial charge in [0, 0.05) is 24.5 Å². The fraction of sp³-hybridized carbons (Fsp3) is 0.923. The number of hydrogen-bond donors (Lipinski definition) is 3. The highest BCUT2D eigenvalue weighted by Crippen LogP contribution is 2.32. The summed E-state index contributed by atoms with van der Waals surface area (Å²) in [4.78, 5) is 2.58. The van der Waals surface area contributed by atoms with E-state index in [1.807, 2.05) is 0 Å². The summed E-state index contributed by atoms with van der Waals surface area (Å²) in [5.74, 6) is 0.331. The van der Waals surface area contributed by atoms with Crippen LogP contribution < -0.4 is 11.1 Å². The van der Waals surface area contributed by atoms with Gasteiger partial charge < -0.3 is 21.2 Å². The second-order valence-electron chi connectivity index (χ2n) is 5.72. The molecule has 2 fully saturated rings. The molecule has 18 heavy (non-hydrogen) atoms. The molecule has 5 heteroatoms. The first-order valence-electron chi connectivity index (χ1n) is 7.12. The SMILES string of the molecule is CN1C2CCCC1CC(NCCCC(N)=NO)C2. The number of nitrogens with one attached hydrogen (secondary N) is 1. The first-order valence-corrected chi connectivity index (χ1v) is 7.12. The summed E-state index contributed by atoms with van der Waals surface area (Å²) in [6, 6.07) is 2.21. The molecule has 0 amide bonds. The zero-order chi connectivity index (χ0) is 13.0. The predicted molar refractivity (Wildman–Crippen MR) is 72.9 cm³/mol. The Hall–Kier alpha value is -0.810. The van der Waals surface area contributed by atoms with Crippen molar-refractivity contribution in [3.05, 3.63) is 0 Å². The van der Waals surface area contributed by atoms with E-state index in [2.05, 4.69) is 22.4 Å². The Morgan fingerprint density at radius 1 is 1.39 bits per heavy atom. The number of nitrogens with two attached hydrogens (primary N) is 1. The van der Waals surface area contributed by atoms with Crippen molar-refractivity contribution in [2.75, 3.05) is 13.6 Å². The van der Waals surface area contributed by atoms with Gasteiger partial charge in [-0.3, -0.25) is 0 Å². The standard InChI is InChI=1S/C13H26N4O/c1-17-11-4-2-5-12(17)9-10(8-11)15-7-3-6-13(14)16-18/h10-12,15,18H,2-9H2,1H3,(H2,14,16).